The van der Waals surface area contributed by atoms with E-state index in [-0.39, 0.29) is 6.04 Å². The lowest BCUT2D eigenvalue weighted by molar-refractivity contribution is 0.490. The van der Waals surface area contributed by atoms with Crippen molar-refractivity contribution in [1.82, 2.24) is 4.98 Å². The van der Waals surface area contributed by atoms with Gasteiger partial charge in [0.1, 0.15) is 11.8 Å². The van der Waals surface area contributed by atoms with Gasteiger partial charge in [-0.3, -0.25) is 0 Å². The SMILES string of the molecule is CC(Nc1nccc(C#N)c1N)c1ccco1. The van der Waals surface area contributed by atoms with Crippen molar-refractivity contribution in [3.05, 3.63) is 42.0 Å². The first-order valence-electron chi connectivity index (χ1n) is 5.17. The zero-order chi connectivity index (χ0) is 12.3. The summed E-state index contributed by atoms with van der Waals surface area (Å²) in [6, 6.07) is 7.21. The fourth-order valence-electron chi connectivity index (χ4n) is 1.50. The Balaban J connectivity index is 2.23. The van der Waals surface area contributed by atoms with Crippen LogP contribution in [0.15, 0.2) is 35.1 Å². The molecule has 0 bridgehead atoms. The van der Waals surface area contributed by atoms with Crippen LogP contribution in [0.4, 0.5) is 11.5 Å². The van der Waals surface area contributed by atoms with E-state index in [9.17, 15) is 0 Å². The van der Waals surface area contributed by atoms with Crippen LogP contribution in [0.1, 0.15) is 24.3 Å². The Morgan fingerprint density at radius 3 is 3.00 bits per heavy atom. The number of anilines is 2. The lowest BCUT2D eigenvalue weighted by Gasteiger charge is -2.13. The maximum Gasteiger partial charge on any atom is 0.151 e. The molecule has 2 rings (SSSR count). The molecule has 2 heterocycles. The normalized spacial score (nSPS) is 11.8. The summed E-state index contributed by atoms with van der Waals surface area (Å²) in [4.78, 5) is 4.11. The van der Waals surface area contributed by atoms with Gasteiger partial charge >= 0.3 is 0 Å². The summed E-state index contributed by atoms with van der Waals surface area (Å²) < 4.78 is 5.27. The van der Waals surface area contributed by atoms with Gasteiger partial charge in [0, 0.05) is 6.20 Å². The minimum Gasteiger partial charge on any atom is -0.467 e. The molecule has 0 spiro atoms. The van der Waals surface area contributed by atoms with E-state index < -0.39 is 0 Å². The quantitative estimate of drug-likeness (QED) is 0.841. The summed E-state index contributed by atoms with van der Waals surface area (Å²) in [6.45, 7) is 1.93. The van der Waals surface area contributed by atoms with Crippen LogP contribution in [-0.2, 0) is 0 Å². The van der Waals surface area contributed by atoms with Crippen molar-refractivity contribution >= 4 is 11.5 Å². The van der Waals surface area contributed by atoms with Crippen LogP contribution in [-0.4, -0.2) is 4.98 Å². The van der Waals surface area contributed by atoms with Gasteiger partial charge in [-0.15, -0.1) is 0 Å². The molecular formula is C12H12N4O. The predicted octanol–water partition coefficient (Wildman–Crippen LogP) is 2.30. The van der Waals surface area contributed by atoms with Gasteiger partial charge < -0.3 is 15.5 Å². The summed E-state index contributed by atoms with van der Waals surface area (Å²) in [5.41, 5.74) is 6.58. The standard InChI is InChI=1S/C12H12N4O/c1-8(10-3-2-6-17-10)16-12-11(14)9(7-13)4-5-15-12/h2-6,8H,14H2,1H3,(H,15,16). The highest BCUT2D eigenvalue weighted by Gasteiger charge is 2.12. The monoisotopic (exact) mass is 228 g/mol. The van der Waals surface area contributed by atoms with Gasteiger partial charge in [0.15, 0.2) is 5.82 Å². The average molecular weight is 228 g/mol. The third kappa shape index (κ3) is 2.21. The van der Waals surface area contributed by atoms with Crippen molar-refractivity contribution in [2.45, 2.75) is 13.0 Å². The molecule has 0 saturated carbocycles. The third-order valence-electron chi connectivity index (χ3n) is 2.43. The molecule has 0 aliphatic rings. The number of rotatable bonds is 3. The number of nitrogens with one attached hydrogen (secondary N) is 1. The van der Waals surface area contributed by atoms with Gasteiger partial charge in [0.05, 0.1) is 23.6 Å². The van der Waals surface area contributed by atoms with E-state index in [4.69, 9.17) is 15.4 Å². The lowest BCUT2D eigenvalue weighted by atomic mass is 10.2. The zero-order valence-corrected chi connectivity index (χ0v) is 9.34. The number of nitrogens with two attached hydrogens (primary N) is 1. The molecular weight excluding hydrogens is 216 g/mol. The van der Waals surface area contributed by atoms with Gasteiger partial charge in [-0.1, -0.05) is 0 Å². The molecule has 2 aromatic rings. The molecule has 17 heavy (non-hydrogen) atoms. The van der Waals surface area contributed by atoms with Gasteiger partial charge in [-0.05, 0) is 25.1 Å². The van der Waals surface area contributed by atoms with E-state index in [2.05, 4.69) is 10.3 Å². The summed E-state index contributed by atoms with van der Waals surface area (Å²) in [6.07, 6.45) is 3.15. The van der Waals surface area contributed by atoms with Gasteiger partial charge in [-0.25, -0.2) is 4.98 Å². The average Bonchev–Trinajstić information content (AvgIpc) is 2.85. The Labute approximate surface area is 98.9 Å². The van der Waals surface area contributed by atoms with E-state index in [0.717, 1.165) is 5.76 Å². The second-order valence-corrected chi connectivity index (χ2v) is 3.61. The number of aromatic nitrogens is 1. The number of pyridine rings is 1. The Morgan fingerprint density at radius 1 is 1.53 bits per heavy atom. The Morgan fingerprint density at radius 2 is 2.35 bits per heavy atom. The molecule has 0 saturated heterocycles. The summed E-state index contributed by atoms with van der Waals surface area (Å²) in [5.74, 6) is 1.28. The first-order valence-corrected chi connectivity index (χ1v) is 5.17. The smallest absolute Gasteiger partial charge is 0.151 e. The zero-order valence-electron chi connectivity index (χ0n) is 9.34. The number of furan rings is 1. The molecule has 0 amide bonds. The van der Waals surface area contributed by atoms with Gasteiger partial charge in [-0.2, -0.15) is 5.26 Å². The molecule has 86 valence electrons. The second kappa shape index (κ2) is 4.58. The van der Waals surface area contributed by atoms with Crippen LogP contribution in [0.5, 0.6) is 0 Å². The van der Waals surface area contributed by atoms with Crippen molar-refractivity contribution in [3.63, 3.8) is 0 Å². The number of hydrogen-bond donors (Lipinski definition) is 2. The Bertz CT molecular complexity index is 542. The van der Waals surface area contributed by atoms with Crippen molar-refractivity contribution in [2.24, 2.45) is 0 Å². The molecule has 0 aliphatic carbocycles. The lowest BCUT2D eigenvalue weighted by Crippen LogP contribution is -2.09. The maximum atomic E-state index is 8.86. The first kappa shape index (κ1) is 11.0. The van der Waals surface area contributed by atoms with Gasteiger partial charge in [0.25, 0.3) is 0 Å². The number of nitriles is 1. The first-order chi connectivity index (χ1) is 8.22. The molecule has 5 heteroatoms. The molecule has 0 radical (unpaired) electrons. The van der Waals surface area contributed by atoms with Crippen LogP contribution in [0.25, 0.3) is 0 Å². The van der Waals surface area contributed by atoms with Crippen molar-refractivity contribution in [3.8, 4) is 6.07 Å². The van der Waals surface area contributed by atoms with Crippen molar-refractivity contribution < 1.29 is 4.42 Å². The molecule has 5 nitrogen and oxygen atoms in total. The largest absolute Gasteiger partial charge is 0.467 e. The van der Waals surface area contributed by atoms with Gasteiger partial charge in [0.2, 0.25) is 0 Å². The number of hydrogen-bond acceptors (Lipinski definition) is 5. The highest BCUT2D eigenvalue weighted by Crippen LogP contribution is 2.24. The Kier molecular flexibility index (Phi) is 2.97. The van der Waals surface area contributed by atoms with E-state index in [1.54, 1.807) is 18.5 Å². The highest BCUT2D eigenvalue weighted by molar-refractivity contribution is 5.69. The number of nitrogens with zero attached hydrogens (tertiary/aromatic N) is 2. The summed E-state index contributed by atoms with van der Waals surface area (Å²) in [5, 5.41) is 12.0. The molecule has 2 aromatic heterocycles. The molecule has 1 unspecified atom stereocenters. The number of nitrogen functional groups attached to an aromatic ring is 1. The van der Waals surface area contributed by atoms with Crippen LogP contribution in [0.3, 0.4) is 0 Å². The minimum atomic E-state index is -0.0613. The van der Waals surface area contributed by atoms with E-state index in [1.165, 1.54) is 0 Å². The molecule has 3 N–H and O–H groups in total. The topological polar surface area (TPSA) is 87.9 Å². The second-order valence-electron chi connectivity index (χ2n) is 3.61. The maximum absolute atomic E-state index is 8.86. The van der Waals surface area contributed by atoms with Crippen LogP contribution >= 0.6 is 0 Å². The molecule has 0 aromatic carbocycles. The fourth-order valence-corrected chi connectivity index (χ4v) is 1.50. The molecule has 0 fully saturated rings. The van der Waals surface area contributed by atoms with E-state index >= 15 is 0 Å². The third-order valence-corrected chi connectivity index (χ3v) is 2.43. The fraction of sp³-hybridized carbons (Fsp3) is 0.167. The summed E-state index contributed by atoms with van der Waals surface area (Å²) in [7, 11) is 0. The van der Waals surface area contributed by atoms with Crippen LogP contribution in [0.2, 0.25) is 0 Å². The van der Waals surface area contributed by atoms with Crippen molar-refractivity contribution in [1.29, 1.82) is 5.26 Å². The molecule has 1 atom stereocenters. The minimum absolute atomic E-state index is 0.0613. The van der Waals surface area contributed by atoms with Crippen LogP contribution in [0, 0.1) is 11.3 Å². The highest BCUT2D eigenvalue weighted by atomic mass is 16.3. The summed E-state index contributed by atoms with van der Waals surface area (Å²) >= 11 is 0. The van der Waals surface area contributed by atoms with Crippen molar-refractivity contribution in [2.75, 3.05) is 11.1 Å². The van der Waals surface area contributed by atoms with E-state index in [1.807, 2.05) is 25.1 Å². The Hall–Kier alpha value is -2.48. The van der Waals surface area contributed by atoms with E-state index in [0.29, 0.717) is 17.1 Å². The van der Waals surface area contributed by atoms with Crippen LogP contribution < -0.4 is 11.1 Å². The molecule has 0 aliphatic heterocycles. The predicted molar refractivity (Wildman–Crippen MR) is 64.1 cm³/mol.